The molecule has 4 rings (SSSR count). The predicted molar refractivity (Wildman–Crippen MR) is 150 cm³/mol. The van der Waals surface area contributed by atoms with E-state index in [0.29, 0.717) is 18.3 Å². The summed E-state index contributed by atoms with van der Waals surface area (Å²) >= 11 is 0. The Morgan fingerprint density at radius 2 is 1.74 bits per heavy atom. The molecular weight excluding hydrogens is 476 g/mol. The Morgan fingerprint density at radius 3 is 2.42 bits per heavy atom. The number of methoxy groups -OCH3 is 2. The molecular formula is C31H32N4O3. The monoisotopic (exact) mass is 508 g/mol. The number of guanidine groups is 1. The average molecular weight is 509 g/mol. The maximum atomic E-state index is 9.30. The third-order valence-electron chi connectivity index (χ3n) is 6.31. The molecule has 3 aromatic carbocycles. The number of nitrogens with one attached hydrogen (secondary N) is 2. The third-order valence-corrected chi connectivity index (χ3v) is 6.31. The minimum absolute atomic E-state index is 0.200. The summed E-state index contributed by atoms with van der Waals surface area (Å²) in [5.74, 6) is 8.90. The number of nitriles is 1. The second-order valence-corrected chi connectivity index (χ2v) is 8.90. The maximum absolute atomic E-state index is 9.30. The van der Waals surface area contributed by atoms with Gasteiger partial charge in [0, 0.05) is 11.3 Å². The number of benzene rings is 3. The fraction of sp³-hybridized carbons (Fsp3) is 0.290. The van der Waals surface area contributed by atoms with E-state index in [1.165, 1.54) is 12.8 Å². The van der Waals surface area contributed by atoms with E-state index in [2.05, 4.69) is 27.5 Å². The molecule has 7 heteroatoms. The molecule has 2 N–H and O–H groups in total. The first-order valence-electron chi connectivity index (χ1n) is 12.7. The number of hydrogen-bond acceptors (Lipinski definition) is 5. The Labute approximate surface area is 224 Å². The number of aliphatic imine (C=N–C) groups is 1. The van der Waals surface area contributed by atoms with Gasteiger partial charge in [-0.15, -0.1) is 0 Å². The maximum Gasteiger partial charge on any atom is 0.209 e. The molecule has 1 atom stereocenters. The van der Waals surface area contributed by atoms with Crippen LogP contribution >= 0.6 is 0 Å². The summed E-state index contributed by atoms with van der Waals surface area (Å²) in [7, 11) is 3.27. The Hall–Kier alpha value is -4.62. The van der Waals surface area contributed by atoms with Gasteiger partial charge in [-0.3, -0.25) is 10.3 Å². The molecule has 0 aliphatic heterocycles. The molecule has 0 saturated heterocycles. The summed E-state index contributed by atoms with van der Waals surface area (Å²) < 4.78 is 17.1. The molecule has 0 spiro atoms. The Bertz CT molecular complexity index is 1320. The summed E-state index contributed by atoms with van der Waals surface area (Å²) in [6.45, 7) is 0.322. The molecule has 0 amide bonds. The normalized spacial score (nSPS) is 14.0. The number of rotatable bonds is 8. The molecule has 1 unspecified atom stereocenters. The summed E-state index contributed by atoms with van der Waals surface area (Å²) in [5.41, 5.74) is 2.66. The van der Waals surface area contributed by atoms with Gasteiger partial charge >= 0.3 is 0 Å². The minimum Gasteiger partial charge on any atom is -0.497 e. The van der Waals surface area contributed by atoms with Gasteiger partial charge in [-0.25, -0.2) is 0 Å². The lowest BCUT2D eigenvalue weighted by atomic mass is 9.98. The SMILES string of the molecule is COc1ccc(NC(=NCC(C#Cc2ccccc2)c2ccc(OC)c(OC3CCCC3)c2)NC#N)cc1. The van der Waals surface area contributed by atoms with Crippen LogP contribution in [0.5, 0.6) is 17.2 Å². The fourth-order valence-electron chi connectivity index (χ4n) is 4.27. The fourth-order valence-corrected chi connectivity index (χ4v) is 4.27. The quantitative estimate of drug-likeness (QED) is 0.133. The predicted octanol–water partition coefficient (Wildman–Crippen LogP) is 5.70. The zero-order valence-corrected chi connectivity index (χ0v) is 21.7. The standard InChI is InChI=1S/C31H32N4O3/c1-36-27-17-15-26(16-18-27)35-31(34-22-32)33-21-25(13-12-23-8-4-3-5-9-23)24-14-19-29(37-2)30(20-24)38-28-10-6-7-11-28/h3-5,8-9,14-20,25,28H,6-7,10-11,21H2,1-2H3,(H2,33,34,35). The lowest BCUT2D eigenvalue weighted by Crippen LogP contribution is -2.27. The van der Waals surface area contributed by atoms with Crippen LogP contribution in [0.1, 0.15) is 42.7 Å². The first-order valence-corrected chi connectivity index (χ1v) is 12.7. The molecule has 7 nitrogen and oxygen atoms in total. The van der Waals surface area contributed by atoms with Crippen LogP contribution < -0.4 is 24.8 Å². The van der Waals surface area contributed by atoms with Crippen LogP contribution in [0.4, 0.5) is 5.69 Å². The lowest BCUT2D eigenvalue weighted by Gasteiger charge is -2.18. The van der Waals surface area contributed by atoms with Gasteiger partial charge in [-0.2, -0.15) is 5.26 Å². The van der Waals surface area contributed by atoms with Crippen molar-refractivity contribution in [2.24, 2.45) is 4.99 Å². The Morgan fingerprint density at radius 1 is 0.974 bits per heavy atom. The molecule has 1 aliphatic rings. The second kappa shape index (κ2) is 13.6. The molecule has 0 bridgehead atoms. The van der Waals surface area contributed by atoms with E-state index in [-0.39, 0.29) is 12.0 Å². The van der Waals surface area contributed by atoms with Crippen molar-refractivity contribution in [3.05, 3.63) is 83.9 Å². The smallest absolute Gasteiger partial charge is 0.209 e. The number of nitrogens with zero attached hydrogens (tertiary/aromatic N) is 2. The van der Waals surface area contributed by atoms with E-state index in [1.54, 1.807) is 14.2 Å². The zero-order chi connectivity index (χ0) is 26.6. The van der Waals surface area contributed by atoms with Crippen molar-refractivity contribution in [2.45, 2.75) is 37.7 Å². The largest absolute Gasteiger partial charge is 0.497 e. The van der Waals surface area contributed by atoms with Crippen LogP contribution in [0.25, 0.3) is 0 Å². The summed E-state index contributed by atoms with van der Waals surface area (Å²) in [6, 6.07) is 23.2. The van der Waals surface area contributed by atoms with E-state index in [1.807, 2.05) is 79.0 Å². The van der Waals surface area contributed by atoms with Crippen molar-refractivity contribution in [2.75, 3.05) is 26.1 Å². The van der Waals surface area contributed by atoms with Crippen LogP contribution in [0, 0.1) is 23.3 Å². The minimum atomic E-state index is -0.250. The molecule has 38 heavy (non-hydrogen) atoms. The van der Waals surface area contributed by atoms with Crippen LogP contribution in [0.15, 0.2) is 77.8 Å². The van der Waals surface area contributed by atoms with Crippen molar-refractivity contribution >= 4 is 11.6 Å². The number of anilines is 1. The van der Waals surface area contributed by atoms with Crippen molar-refractivity contribution in [1.82, 2.24) is 5.32 Å². The first-order chi connectivity index (χ1) is 18.7. The zero-order valence-electron chi connectivity index (χ0n) is 21.7. The third kappa shape index (κ3) is 7.44. The molecule has 0 aromatic heterocycles. The van der Waals surface area contributed by atoms with E-state index < -0.39 is 0 Å². The highest BCUT2D eigenvalue weighted by molar-refractivity contribution is 5.94. The van der Waals surface area contributed by atoms with Gasteiger partial charge in [0.1, 0.15) is 5.75 Å². The first kappa shape index (κ1) is 26.4. The number of hydrogen-bond donors (Lipinski definition) is 2. The molecule has 1 fully saturated rings. The van der Waals surface area contributed by atoms with Crippen molar-refractivity contribution in [3.8, 4) is 35.3 Å². The summed E-state index contributed by atoms with van der Waals surface area (Å²) in [6.07, 6.45) is 6.62. The van der Waals surface area contributed by atoms with Gasteiger partial charge in [-0.05, 0) is 79.8 Å². The van der Waals surface area contributed by atoms with Crippen molar-refractivity contribution < 1.29 is 14.2 Å². The molecule has 0 heterocycles. The Balaban J connectivity index is 1.62. The molecule has 194 valence electrons. The van der Waals surface area contributed by atoms with E-state index >= 15 is 0 Å². The van der Waals surface area contributed by atoms with Crippen LogP contribution in [-0.4, -0.2) is 32.8 Å². The van der Waals surface area contributed by atoms with Gasteiger partial charge in [0.25, 0.3) is 0 Å². The van der Waals surface area contributed by atoms with Crippen LogP contribution in [0.2, 0.25) is 0 Å². The summed E-state index contributed by atoms with van der Waals surface area (Å²) in [5, 5.41) is 15.1. The molecule has 3 aromatic rings. The van der Waals surface area contributed by atoms with Crippen molar-refractivity contribution in [3.63, 3.8) is 0 Å². The molecule has 0 radical (unpaired) electrons. The highest BCUT2D eigenvalue weighted by Gasteiger charge is 2.20. The lowest BCUT2D eigenvalue weighted by molar-refractivity contribution is 0.200. The van der Waals surface area contributed by atoms with Gasteiger partial charge in [0.15, 0.2) is 17.7 Å². The molecule has 1 saturated carbocycles. The average Bonchev–Trinajstić information content (AvgIpc) is 3.47. The van der Waals surface area contributed by atoms with Gasteiger partial charge in [-0.1, -0.05) is 36.1 Å². The van der Waals surface area contributed by atoms with Crippen LogP contribution in [0.3, 0.4) is 0 Å². The molecule has 1 aliphatic carbocycles. The van der Waals surface area contributed by atoms with Crippen molar-refractivity contribution in [1.29, 1.82) is 5.26 Å². The summed E-state index contributed by atoms with van der Waals surface area (Å²) in [4.78, 5) is 4.68. The Kier molecular flexibility index (Phi) is 9.48. The second-order valence-electron chi connectivity index (χ2n) is 8.90. The highest BCUT2D eigenvalue weighted by Crippen LogP contribution is 2.34. The van der Waals surface area contributed by atoms with E-state index in [9.17, 15) is 5.26 Å². The van der Waals surface area contributed by atoms with Gasteiger partial charge < -0.3 is 19.5 Å². The van der Waals surface area contributed by atoms with Crippen LogP contribution in [-0.2, 0) is 0 Å². The van der Waals surface area contributed by atoms with E-state index in [4.69, 9.17) is 14.2 Å². The number of ether oxygens (including phenoxy) is 3. The highest BCUT2D eigenvalue weighted by atomic mass is 16.5. The van der Waals surface area contributed by atoms with Gasteiger partial charge in [0.2, 0.25) is 5.96 Å². The topological polar surface area (TPSA) is 87.9 Å². The van der Waals surface area contributed by atoms with E-state index in [0.717, 1.165) is 41.2 Å². The van der Waals surface area contributed by atoms with Gasteiger partial charge in [0.05, 0.1) is 32.8 Å².